The van der Waals surface area contributed by atoms with E-state index in [-0.39, 0.29) is 17.7 Å². The fourth-order valence-corrected chi connectivity index (χ4v) is 4.30. The largest absolute Gasteiger partial charge is 0.437 e. The van der Waals surface area contributed by atoms with Crippen LogP contribution in [-0.4, -0.2) is 32.9 Å². The van der Waals surface area contributed by atoms with Gasteiger partial charge in [-0.25, -0.2) is 14.8 Å². The average molecular weight is 521 g/mol. The molecular formula is C27H22F3N5O3. The molecule has 1 N–H and O–H groups in total. The number of carbonyl (C=O) groups is 1. The van der Waals surface area contributed by atoms with Crippen molar-refractivity contribution in [2.45, 2.75) is 44.5 Å². The molecule has 0 radical (unpaired) electrons. The second kappa shape index (κ2) is 10.0. The Morgan fingerprint density at radius 3 is 2.47 bits per heavy atom. The first-order valence-electron chi connectivity index (χ1n) is 11.9. The van der Waals surface area contributed by atoms with Gasteiger partial charge in [0, 0.05) is 35.6 Å². The van der Waals surface area contributed by atoms with Crippen molar-refractivity contribution < 1.29 is 27.4 Å². The Hall–Kier alpha value is -4.59. The van der Waals surface area contributed by atoms with E-state index < -0.39 is 18.4 Å². The number of nitrogens with zero attached hydrogens (tertiary/aromatic N) is 4. The summed E-state index contributed by atoms with van der Waals surface area (Å²) in [6.45, 7) is 0.759. The molecule has 0 bridgehead atoms. The van der Waals surface area contributed by atoms with E-state index in [0.29, 0.717) is 11.3 Å². The third-order valence-corrected chi connectivity index (χ3v) is 6.43. The molecule has 1 aliphatic carbocycles. The molecule has 5 rings (SSSR count). The molecule has 11 heteroatoms. The van der Waals surface area contributed by atoms with Crippen LogP contribution in [0.5, 0.6) is 11.8 Å². The van der Waals surface area contributed by atoms with Gasteiger partial charge in [0.25, 0.3) is 0 Å². The van der Waals surface area contributed by atoms with E-state index in [2.05, 4.69) is 30.7 Å². The highest BCUT2D eigenvalue weighted by molar-refractivity contribution is 5.96. The van der Waals surface area contributed by atoms with Crippen molar-refractivity contribution in [1.82, 2.24) is 14.5 Å². The highest BCUT2D eigenvalue weighted by Crippen LogP contribution is 2.43. The lowest BCUT2D eigenvalue weighted by Gasteiger charge is -2.30. The van der Waals surface area contributed by atoms with Gasteiger partial charge in [-0.3, -0.25) is 5.32 Å². The van der Waals surface area contributed by atoms with E-state index in [9.17, 15) is 23.2 Å². The van der Waals surface area contributed by atoms with Gasteiger partial charge >= 0.3 is 18.3 Å². The zero-order valence-corrected chi connectivity index (χ0v) is 20.2. The van der Waals surface area contributed by atoms with E-state index >= 15 is 0 Å². The first kappa shape index (κ1) is 25.1. The van der Waals surface area contributed by atoms with Gasteiger partial charge in [-0.1, -0.05) is 12.1 Å². The van der Waals surface area contributed by atoms with Crippen LogP contribution in [0.2, 0.25) is 0 Å². The van der Waals surface area contributed by atoms with Crippen molar-refractivity contribution in [3.05, 3.63) is 66.5 Å². The second-order valence-corrected chi connectivity index (χ2v) is 8.89. The van der Waals surface area contributed by atoms with Crippen LogP contribution in [0.3, 0.4) is 0 Å². The Balaban J connectivity index is 1.48. The zero-order chi connectivity index (χ0) is 26.9. The number of alkyl halides is 3. The molecule has 1 atom stereocenters. The van der Waals surface area contributed by atoms with E-state index in [1.807, 2.05) is 12.1 Å². The number of fused-ring (bicyclic) bond motifs is 1. The molecule has 0 spiro atoms. The first-order chi connectivity index (χ1) is 18.2. The third kappa shape index (κ3) is 4.98. The fourth-order valence-electron chi connectivity index (χ4n) is 4.30. The number of carbonyl (C=O) groups excluding carboxylic acids is 1. The molecule has 194 valence electrons. The Morgan fingerprint density at radius 1 is 1.16 bits per heavy atom. The Bertz CT molecular complexity index is 1510. The van der Waals surface area contributed by atoms with Crippen molar-refractivity contribution >= 4 is 22.7 Å². The molecule has 0 aliphatic heterocycles. The summed E-state index contributed by atoms with van der Waals surface area (Å²) in [4.78, 5) is 20.1. The Labute approximate surface area is 215 Å². The number of nitrogens with one attached hydrogen (secondary N) is 1. The smallest absolute Gasteiger partial charge is 0.425 e. The van der Waals surface area contributed by atoms with Gasteiger partial charge in [0.1, 0.15) is 11.8 Å². The van der Waals surface area contributed by atoms with Crippen LogP contribution >= 0.6 is 0 Å². The predicted octanol–water partition coefficient (Wildman–Crippen LogP) is 6.99. The zero-order valence-electron chi connectivity index (χ0n) is 20.2. The van der Waals surface area contributed by atoms with Crippen molar-refractivity contribution in [2.24, 2.45) is 0 Å². The number of aromatic nitrogens is 3. The molecular weight excluding hydrogens is 499 g/mol. The lowest BCUT2D eigenvalue weighted by molar-refractivity contribution is -0.196. The summed E-state index contributed by atoms with van der Waals surface area (Å²) in [5.41, 5.74) is 3.04. The van der Waals surface area contributed by atoms with Crippen LogP contribution in [0.1, 0.15) is 37.8 Å². The van der Waals surface area contributed by atoms with Gasteiger partial charge in [-0.15, -0.1) is 0 Å². The van der Waals surface area contributed by atoms with Crippen LogP contribution in [0, 0.1) is 11.3 Å². The van der Waals surface area contributed by atoms with Gasteiger partial charge in [0.2, 0.25) is 0 Å². The maximum absolute atomic E-state index is 12.7. The molecule has 2 heterocycles. The van der Waals surface area contributed by atoms with Gasteiger partial charge in [-0.05, 0) is 62.1 Å². The minimum atomic E-state index is -4.65. The quantitative estimate of drug-likeness (QED) is 0.294. The monoisotopic (exact) mass is 521 g/mol. The highest BCUT2D eigenvalue weighted by atomic mass is 19.4. The molecule has 1 saturated carbocycles. The van der Waals surface area contributed by atoms with E-state index in [1.54, 1.807) is 48.8 Å². The number of halogens is 3. The number of hydrogen-bond acceptors (Lipinski definition) is 6. The van der Waals surface area contributed by atoms with Crippen LogP contribution < -0.4 is 10.1 Å². The van der Waals surface area contributed by atoms with E-state index in [0.717, 1.165) is 48.3 Å². The van der Waals surface area contributed by atoms with E-state index in [1.165, 1.54) is 0 Å². The average Bonchev–Trinajstić information content (AvgIpc) is 3.16. The number of nitriles is 1. The summed E-state index contributed by atoms with van der Waals surface area (Å²) in [6, 6.07) is 16.4. The third-order valence-electron chi connectivity index (χ3n) is 6.43. The molecule has 0 unspecified atom stereocenters. The number of benzene rings is 2. The summed E-state index contributed by atoms with van der Waals surface area (Å²) in [7, 11) is 0. The first-order valence-corrected chi connectivity index (χ1v) is 11.9. The van der Waals surface area contributed by atoms with Crippen LogP contribution in [-0.2, 0) is 4.74 Å². The predicted molar refractivity (Wildman–Crippen MR) is 133 cm³/mol. The van der Waals surface area contributed by atoms with Crippen molar-refractivity contribution in [3.63, 3.8) is 0 Å². The van der Waals surface area contributed by atoms with Gasteiger partial charge in [0.05, 0.1) is 16.8 Å². The standard InChI is InChI=1S/C27H22F3N5O3/c1-16(27(28,29)30)37-26(36)34-18-8-6-17(7-9-18)24-22(15-31)21-11-10-20(38-25-32-12-3-13-33-25)14-23(21)35(24)19-4-2-5-19/h3,6-14,16,19H,2,4-5H2,1H3,(H,34,36)/t16-/m1/s1. The van der Waals surface area contributed by atoms with Crippen LogP contribution in [0.15, 0.2) is 60.9 Å². The van der Waals surface area contributed by atoms with Crippen molar-refractivity contribution in [3.8, 4) is 29.1 Å². The summed E-state index contributed by atoms with van der Waals surface area (Å²) >= 11 is 0. The minimum Gasteiger partial charge on any atom is -0.437 e. The Morgan fingerprint density at radius 2 is 1.87 bits per heavy atom. The van der Waals surface area contributed by atoms with Crippen LogP contribution in [0.25, 0.3) is 22.2 Å². The number of rotatable bonds is 6. The summed E-state index contributed by atoms with van der Waals surface area (Å²) in [6.07, 6.45) is -1.95. The lowest BCUT2D eigenvalue weighted by atomic mass is 9.92. The van der Waals surface area contributed by atoms with Gasteiger partial charge in [-0.2, -0.15) is 18.4 Å². The number of ether oxygens (including phenoxy) is 2. The highest BCUT2D eigenvalue weighted by Gasteiger charge is 2.39. The summed E-state index contributed by atoms with van der Waals surface area (Å²) < 4.78 is 50.4. The Kier molecular flexibility index (Phi) is 6.63. The maximum atomic E-state index is 12.7. The second-order valence-electron chi connectivity index (χ2n) is 8.89. The summed E-state index contributed by atoms with van der Waals surface area (Å²) in [5, 5.41) is 13.2. The molecule has 1 aliphatic rings. The maximum Gasteiger partial charge on any atom is 0.425 e. The minimum absolute atomic E-state index is 0.189. The molecule has 0 saturated heterocycles. The molecule has 2 aromatic heterocycles. The molecule has 1 amide bonds. The molecule has 4 aromatic rings. The lowest BCUT2D eigenvalue weighted by Crippen LogP contribution is -2.32. The van der Waals surface area contributed by atoms with Gasteiger partial charge in [0.15, 0.2) is 6.10 Å². The fraction of sp³-hybridized carbons (Fsp3) is 0.259. The topological polar surface area (TPSA) is 102 Å². The normalized spacial score (nSPS) is 14.4. The number of hydrogen-bond donors (Lipinski definition) is 1. The number of amides is 1. The number of anilines is 1. The SMILES string of the molecule is C[C@@H](OC(=O)Nc1ccc(-c2c(C#N)c3ccc(Oc4ncccn4)cc3n2C2CCC2)cc1)C(F)(F)F. The van der Waals surface area contributed by atoms with Crippen molar-refractivity contribution in [1.29, 1.82) is 5.26 Å². The molecule has 38 heavy (non-hydrogen) atoms. The van der Waals surface area contributed by atoms with Crippen molar-refractivity contribution in [2.75, 3.05) is 5.32 Å². The summed E-state index contributed by atoms with van der Waals surface area (Å²) in [5.74, 6) is 0.531. The molecule has 1 fully saturated rings. The molecule has 8 nitrogen and oxygen atoms in total. The van der Waals surface area contributed by atoms with Gasteiger partial charge < -0.3 is 14.0 Å². The van der Waals surface area contributed by atoms with Crippen LogP contribution in [0.4, 0.5) is 23.7 Å². The molecule has 2 aromatic carbocycles. The van der Waals surface area contributed by atoms with E-state index in [4.69, 9.17) is 4.74 Å².